The van der Waals surface area contributed by atoms with Gasteiger partial charge < -0.3 is 15.3 Å². The van der Waals surface area contributed by atoms with Crippen molar-refractivity contribution in [2.75, 3.05) is 0 Å². The van der Waals surface area contributed by atoms with Gasteiger partial charge in [0.15, 0.2) is 5.78 Å². The first-order valence-corrected chi connectivity index (χ1v) is 13.9. The van der Waals surface area contributed by atoms with Gasteiger partial charge in [-0.05, 0) is 96.4 Å². The number of carbonyl (C=O) groups excluding carboxylic acids is 1. The van der Waals surface area contributed by atoms with Crippen LogP contribution in [0.1, 0.15) is 93.4 Å². The van der Waals surface area contributed by atoms with Gasteiger partial charge in [0.25, 0.3) is 0 Å². The van der Waals surface area contributed by atoms with Crippen molar-refractivity contribution in [2.24, 2.45) is 56.7 Å². The summed E-state index contributed by atoms with van der Waals surface area (Å²) in [5.41, 5.74) is -1.11. The normalized spacial score (nSPS) is 55.1. The summed E-state index contributed by atoms with van der Waals surface area (Å²) in [4.78, 5) is 27.1. The maximum Gasteiger partial charge on any atom is 0.310 e. The van der Waals surface area contributed by atoms with E-state index in [9.17, 15) is 24.9 Å². The third-order valence-corrected chi connectivity index (χ3v) is 13.1. The first-order valence-electron chi connectivity index (χ1n) is 13.9. The van der Waals surface area contributed by atoms with Crippen LogP contribution in [0.25, 0.3) is 0 Å². The number of allylic oxidation sites excluding steroid dienone is 2. The molecule has 0 heterocycles. The van der Waals surface area contributed by atoms with E-state index < -0.39 is 34.4 Å². The molecule has 35 heavy (non-hydrogen) atoms. The standard InChI is InChI=1S/C30H46O5/c1-16-8-11-30(25(34)35)13-12-28(6)18(22(30)17(16)2)14-19(31)23-27(5)15-20(32)24(33)26(3,4)21(27)9-10-29(23,28)7/h14,16-17,20-24,32-33H,8-13,15H2,1-7H3,(H,34,35)/t16-,17+,20-,21?,22+,23-,24-,27+,28-,29-,30+/m1/s1. The van der Waals surface area contributed by atoms with Gasteiger partial charge in [0.1, 0.15) is 0 Å². The Morgan fingerprint density at radius 2 is 1.63 bits per heavy atom. The third-order valence-electron chi connectivity index (χ3n) is 13.1. The van der Waals surface area contributed by atoms with Crippen molar-refractivity contribution in [3.05, 3.63) is 11.6 Å². The van der Waals surface area contributed by atoms with Gasteiger partial charge in [-0.3, -0.25) is 9.59 Å². The van der Waals surface area contributed by atoms with Gasteiger partial charge in [0, 0.05) is 5.92 Å². The monoisotopic (exact) mass is 486 g/mol. The predicted octanol–water partition coefficient (Wildman–Crippen LogP) is 5.24. The van der Waals surface area contributed by atoms with Gasteiger partial charge in [-0.25, -0.2) is 0 Å². The molecule has 5 heteroatoms. The minimum Gasteiger partial charge on any atom is -0.481 e. The number of hydrogen-bond acceptors (Lipinski definition) is 4. The first kappa shape index (κ1) is 25.4. The summed E-state index contributed by atoms with van der Waals surface area (Å²) < 4.78 is 0. The third kappa shape index (κ3) is 2.89. The van der Waals surface area contributed by atoms with Gasteiger partial charge in [0.2, 0.25) is 0 Å². The van der Waals surface area contributed by atoms with Crippen molar-refractivity contribution in [1.29, 1.82) is 0 Å². The molecule has 5 aliphatic carbocycles. The van der Waals surface area contributed by atoms with Crippen LogP contribution in [0.3, 0.4) is 0 Å². The van der Waals surface area contributed by atoms with Gasteiger partial charge >= 0.3 is 5.97 Å². The molecule has 11 atom stereocenters. The zero-order valence-electron chi connectivity index (χ0n) is 22.7. The molecule has 3 N–H and O–H groups in total. The molecule has 0 radical (unpaired) electrons. The molecule has 0 spiro atoms. The summed E-state index contributed by atoms with van der Waals surface area (Å²) >= 11 is 0. The minimum atomic E-state index is -0.843. The average Bonchev–Trinajstić information content (AvgIpc) is 2.75. The van der Waals surface area contributed by atoms with Crippen molar-refractivity contribution in [3.8, 4) is 0 Å². The molecule has 5 nitrogen and oxygen atoms in total. The van der Waals surface area contributed by atoms with Crippen LogP contribution in [0.2, 0.25) is 0 Å². The first-order chi connectivity index (χ1) is 16.1. The van der Waals surface area contributed by atoms with Crippen LogP contribution in [0.5, 0.6) is 0 Å². The largest absolute Gasteiger partial charge is 0.481 e. The molecule has 0 aromatic heterocycles. The van der Waals surface area contributed by atoms with E-state index in [0.717, 1.165) is 31.3 Å². The molecule has 0 aliphatic heterocycles. The summed E-state index contributed by atoms with van der Waals surface area (Å²) in [6.45, 7) is 15.3. The molecule has 0 aromatic rings. The molecule has 5 rings (SSSR count). The van der Waals surface area contributed by atoms with Gasteiger partial charge in [-0.15, -0.1) is 0 Å². The molecule has 4 saturated carbocycles. The second kappa shape index (κ2) is 7.43. The quantitative estimate of drug-likeness (QED) is 0.471. The van der Waals surface area contributed by atoms with E-state index in [1.54, 1.807) is 0 Å². The summed E-state index contributed by atoms with van der Waals surface area (Å²) in [7, 11) is 0. The molecule has 5 aliphatic rings. The van der Waals surface area contributed by atoms with E-state index in [0.29, 0.717) is 25.2 Å². The maximum absolute atomic E-state index is 14.3. The highest BCUT2D eigenvalue weighted by molar-refractivity contribution is 5.96. The van der Waals surface area contributed by atoms with Crippen LogP contribution >= 0.6 is 0 Å². The Balaban J connectivity index is 1.67. The number of carboxylic acids is 1. The van der Waals surface area contributed by atoms with Crippen molar-refractivity contribution >= 4 is 11.8 Å². The maximum atomic E-state index is 14.3. The van der Waals surface area contributed by atoms with Gasteiger partial charge in [-0.1, -0.05) is 54.0 Å². The number of carbonyl (C=O) groups is 2. The van der Waals surface area contributed by atoms with Crippen LogP contribution in [0.4, 0.5) is 0 Å². The van der Waals surface area contributed by atoms with E-state index in [1.807, 2.05) is 6.08 Å². The number of hydrogen-bond donors (Lipinski definition) is 3. The second-order valence-electron chi connectivity index (χ2n) is 14.6. The number of aliphatic hydroxyl groups excluding tert-OH is 2. The zero-order chi connectivity index (χ0) is 25.9. The topological polar surface area (TPSA) is 94.8 Å². The van der Waals surface area contributed by atoms with E-state index in [2.05, 4.69) is 48.5 Å². The molecule has 0 bridgehead atoms. The zero-order valence-corrected chi connectivity index (χ0v) is 22.7. The molecule has 0 saturated heterocycles. The van der Waals surface area contributed by atoms with Crippen LogP contribution < -0.4 is 0 Å². The van der Waals surface area contributed by atoms with Crippen molar-refractivity contribution < 1.29 is 24.9 Å². The lowest BCUT2D eigenvalue weighted by Gasteiger charge is -2.70. The lowest BCUT2D eigenvalue weighted by Crippen LogP contribution is -2.69. The Hall–Kier alpha value is -1.20. The van der Waals surface area contributed by atoms with E-state index in [4.69, 9.17) is 0 Å². The van der Waals surface area contributed by atoms with E-state index in [1.165, 1.54) is 0 Å². The molecular formula is C30H46O5. The highest BCUT2D eigenvalue weighted by Gasteiger charge is 2.72. The molecule has 1 unspecified atom stereocenters. The lowest BCUT2D eigenvalue weighted by atomic mass is 9.33. The lowest BCUT2D eigenvalue weighted by molar-refractivity contribution is -0.228. The Labute approximate surface area is 210 Å². The Kier molecular flexibility index (Phi) is 5.40. The second-order valence-corrected chi connectivity index (χ2v) is 14.6. The SMILES string of the molecule is C[C@H]1[C@H](C)CC[C@]2(C(=O)O)CC[C@]3(C)C(=CC(=O)[C@@H]4[C@@]5(C)C[C@@H](O)[C@@H](O)C(C)(C)C5CC[C@]43C)[C@H]12. The highest BCUT2D eigenvalue weighted by Crippen LogP contribution is 2.75. The smallest absolute Gasteiger partial charge is 0.310 e. The van der Waals surface area contributed by atoms with E-state index >= 15 is 0 Å². The average molecular weight is 487 g/mol. The fourth-order valence-corrected chi connectivity index (χ4v) is 10.8. The van der Waals surface area contributed by atoms with Crippen LogP contribution in [0, 0.1) is 56.7 Å². The summed E-state index contributed by atoms with van der Waals surface area (Å²) in [5, 5.41) is 32.3. The number of aliphatic hydroxyl groups is 2. The number of carboxylic acid groups (broad SMARTS) is 1. The Morgan fingerprint density at radius 3 is 2.26 bits per heavy atom. The van der Waals surface area contributed by atoms with Gasteiger partial charge in [-0.2, -0.15) is 0 Å². The van der Waals surface area contributed by atoms with Crippen molar-refractivity contribution in [3.63, 3.8) is 0 Å². The fourth-order valence-electron chi connectivity index (χ4n) is 10.8. The molecular weight excluding hydrogens is 440 g/mol. The van der Waals surface area contributed by atoms with E-state index in [-0.39, 0.29) is 40.3 Å². The summed E-state index contributed by atoms with van der Waals surface area (Å²) in [6, 6.07) is 0. The van der Waals surface area contributed by atoms with Gasteiger partial charge in [0.05, 0.1) is 17.6 Å². The Morgan fingerprint density at radius 1 is 0.971 bits per heavy atom. The number of ketones is 1. The minimum absolute atomic E-state index is 0.107. The van der Waals surface area contributed by atoms with Crippen molar-refractivity contribution in [2.45, 2.75) is 106 Å². The number of rotatable bonds is 1. The molecule has 0 aromatic carbocycles. The highest BCUT2D eigenvalue weighted by atomic mass is 16.4. The fraction of sp³-hybridized carbons (Fsp3) is 0.867. The number of aliphatic carboxylic acids is 1. The van der Waals surface area contributed by atoms with Crippen LogP contribution in [0.15, 0.2) is 11.6 Å². The summed E-state index contributed by atoms with van der Waals surface area (Å²) in [5.74, 6) is -0.118. The van der Waals surface area contributed by atoms with Crippen molar-refractivity contribution in [1.82, 2.24) is 0 Å². The molecule has 4 fully saturated rings. The molecule has 0 amide bonds. The van der Waals surface area contributed by atoms with Crippen LogP contribution in [-0.4, -0.2) is 39.3 Å². The summed E-state index contributed by atoms with van der Waals surface area (Å²) in [6.07, 6.45) is 5.57. The predicted molar refractivity (Wildman–Crippen MR) is 134 cm³/mol. The molecule has 196 valence electrons. The number of fused-ring (bicyclic) bond motifs is 7. The van der Waals surface area contributed by atoms with Crippen LogP contribution in [-0.2, 0) is 9.59 Å². The Bertz CT molecular complexity index is 983.